The molecule has 3 N–H and O–H groups in total. The Kier molecular flexibility index (Phi) is 4.43. The zero-order valence-electron chi connectivity index (χ0n) is 9.86. The summed E-state index contributed by atoms with van der Waals surface area (Å²) in [5.41, 5.74) is 5.95. The van der Waals surface area contributed by atoms with Crippen LogP contribution in [0.3, 0.4) is 0 Å². The third-order valence-corrected chi connectivity index (χ3v) is 2.44. The molecule has 0 fully saturated rings. The van der Waals surface area contributed by atoms with Gasteiger partial charge in [0.2, 0.25) is 5.91 Å². The van der Waals surface area contributed by atoms with Crippen LogP contribution in [0.15, 0.2) is 24.4 Å². The van der Waals surface area contributed by atoms with Crippen LogP contribution in [0, 0.1) is 0 Å². The third kappa shape index (κ3) is 3.62. The monoisotopic (exact) mass is 221 g/mol. The van der Waals surface area contributed by atoms with Crippen LogP contribution in [0.1, 0.15) is 32.4 Å². The molecule has 4 nitrogen and oxygen atoms in total. The average molecular weight is 221 g/mol. The highest BCUT2D eigenvalue weighted by atomic mass is 16.2. The van der Waals surface area contributed by atoms with Crippen LogP contribution >= 0.6 is 0 Å². The molecule has 1 unspecified atom stereocenters. The van der Waals surface area contributed by atoms with Crippen LogP contribution in [0.2, 0.25) is 0 Å². The van der Waals surface area contributed by atoms with Crippen LogP contribution in [0.25, 0.3) is 0 Å². The smallest absolute Gasteiger partial charge is 0.240 e. The van der Waals surface area contributed by atoms with E-state index in [1.807, 2.05) is 25.1 Å². The standard InChI is InChI=1S/C12H19N3O/c1-3-7-12(2,13)11(16)15-9-10-6-4-5-8-14-10/h4-6,8H,3,7,9,13H2,1-2H3,(H,15,16). The summed E-state index contributed by atoms with van der Waals surface area (Å²) in [4.78, 5) is 15.9. The molecule has 0 bridgehead atoms. The SMILES string of the molecule is CCCC(C)(N)C(=O)NCc1ccccn1. The molecule has 1 aromatic heterocycles. The molecule has 0 spiro atoms. The quantitative estimate of drug-likeness (QED) is 0.785. The van der Waals surface area contributed by atoms with E-state index in [9.17, 15) is 4.79 Å². The van der Waals surface area contributed by atoms with Crippen molar-refractivity contribution in [1.82, 2.24) is 10.3 Å². The summed E-state index contributed by atoms with van der Waals surface area (Å²) in [6.07, 6.45) is 3.28. The molecule has 0 aliphatic carbocycles. The molecule has 0 aromatic carbocycles. The minimum Gasteiger partial charge on any atom is -0.349 e. The Hall–Kier alpha value is -1.42. The van der Waals surface area contributed by atoms with Crippen molar-refractivity contribution in [3.05, 3.63) is 30.1 Å². The maximum Gasteiger partial charge on any atom is 0.240 e. The first-order valence-corrected chi connectivity index (χ1v) is 5.53. The summed E-state index contributed by atoms with van der Waals surface area (Å²) >= 11 is 0. The van der Waals surface area contributed by atoms with Gasteiger partial charge in [0.15, 0.2) is 0 Å². The van der Waals surface area contributed by atoms with Crippen LogP contribution in [-0.4, -0.2) is 16.4 Å². The second-order valence-corrected chi connectivity index (χ2v) is 4.17. The van der Waals surface area contributed by atoms with Gasteiger partial charge in [0.25, 0.3) is 0 Å². The minimum absolute atomic E-state index is 0.125. The summed E-state index contributed by atoms with van der Waals surface area (Å²) in [6, 6.07) is 5.60. The summed E-state index contributed by atoms with van der Waals surface area (Å²) in [5.74, 6) is -0.125. The Morgan fingerprint density at radius 2 is 2.31 bits per heavy atom. The van der Waals surface area contributed by atoms with Gasteiger partial charge in [0.05, 0.1) is 17.8 Å². The second kappa shape index (κ2) is 5.61. The summed E-state index contributed by atoms with van der Waals surface area (Å²) in [5, 5.41) is 2.80. The molecule has 4 heteroatoms. The fourth-order valence-electron chi connectivity index (χ4n) is 1.51. The van der Waals surface area contributed by atoms with Gasteiger partial charge in [-0.3, -0.25) is 9.78 Å². The predicted octanol–water partition coefficient (Wildman–Crippen LogP) is 1.22. The van der Waals surface area contributed by atoms with Crippen LogP contribution in [-0.2, 0) is 11.3 Å². The van der Waals surface area contributed by atoms with E-state index in [4.69, 9.17) is 5.73 Å². The Balaban J connectivity index is 2.47. The minimum atomic E-state index is -0.788. The normalized spacial score (nSPS) is 14.2. The van der Waals surface area contributed by atoms with Gasteiger partial charge >= 0.3 is 0 Å². The lowest BCUT2D eigenvalue weighted by molar-refractivity contribution is -0.126. The number of nitrogens with zero attached hydrogens (tertiary/aromatic N) is 1. The first-order valence-electron chi connectivity index (χ1n) is 5.53. The lowest BCUT2D eigenvalue weighted by atomic mass is 9.96. The van der Waals surface area contributed by atoms with E-state index in [1.54, 1.807) is 13.1 Å². The van der Waals surface area contributed by atoms with Crippen LogP contribution in [0.4, 0.5) is 0 Å². The highest BCUT2D eigenvalue weighted by molar-refractivity contribution is 5.85. The fraction of sp³-hybridized carbons (Fsp3) is 0.500. The molecule has 0 saturated heterocycles. The Morgan fingerprint density at radius 3 is 2.88 bits per heavy atom. The van der Waals surface area contributed by atoms with Gasteiger partial charge < -0.3 is 11.1 Å². The molecule has 0 aliphatic rings. The van der Waals surface area contributed by atoms with Crippen LogP contribution in [0.5, 0.6) is 0 Å². The highest BCUT2D eigenvalue weighted by Gasteiger charge is 2.26. The molecule has 1 aromatic rings. The topological polar surface area (TPSA) is 68.0 Å². The van der Waals surface area contributed by atoms with E-state index < -0.39 is 5.54 Å². The molecule has 1 rings (SSSR count). The van der Waals surface area contributed by atoms with Gasteiger partial charge in [-0.05, 0) is 25.5 Å². The van der Waals surface area contributed by atoms with E-state index in [0.717, 1.165) is 12.1 Å². The predicted molar refractivity (Wildman–Crippen MR) is 63.6 cm³/mol. The highest BCUT2D eigenvalue weighted by Crippen LogP contribution is 2.08. The number of rotatable bonds is 5. The number of carbonyl (C=O) groups excluding carboxylic acids is 1. The number of nitrogens with one attached hydrogen (secondary N) is 1. The number of nitrogens with two attached hydrogens (primary N) is 1. The fourth-order valence-corrected chi connectivity index (χ4v) is 1.51. The van der Waals surface area contributed by atoms with Crippen molar-refractivity contribution < 1.29 is 4.79 Å². The van der Waals surface area contributed by atoms with E-state index in [0.29, 0.717) is 13.0 Å². The zero-order valence-corrected chi connectivity index (χ0v) is 9.86. The Labute approximate surface area is 96.3 Å². The second-order valence-electron chi connectivity index (χ2n) is 4.17. The molecular weight excluding hydrogens is 202 g/mol. The van der Waals surface area contributed by atoms with Gasteiger partial charge in [0.1, 0.15) is 0 Å². The van der Waals surface area contributed by atoms with Gasteiger partial charge in [-0.15, -0.1) is 0 Å². The number of hydrogen-bond donors (Lipinski definition) is 2. The number of pyridine rings is 1. The van der Waals surface area contributed by atoms with E-state index in [2.05, 4.69) is 10.3 Å². The molecule has 1 atom stereocenters. The van der Waals surface area contributed by atoms with Crippen molar-refractivity contribution >= 4 is 5.91 Å². The van der Waals surface area contributed by atoms with Crippen molar-refractivity contribution in [3.63, 3.8) is 0 Å². The lowest BCUT2D eigenvalue weighted by Gasteiger charge is -2.22. The summed E-state index contributed by atoms with van der Waals surface area (Å²) in [7, 11) is 0. The third-order valence-electron chi connectivity index (χ3n) is 2.44. The summed E-state index contributed by atoms with van der Waals surface area (Å²) in [6.45, 7) is 4.19. The number of carbonyl (C=O) groups is 1. The van der Waals surface area contributed by atoms with Crippen molar-refractivity contribution in [3.8, 4) is 0 Å². The molecule has 1 amide bonds. The first-order chi connectivity index (χ1) is 7.56. The first kappa shape index (κ1) is 12.6. The van der Waals surface area contributed by atoms with Gasteiger partial charge in [-0.25, -0.2) is 0 Å². The molecular formula is C12H19N3O. The lowest BCUT2D eigenvalue weighted by Crippen LogP contribution is -2.51. The van der Waals surface area contributed by atoms with Gasteiger partial charge in [-0.2, -0.15) is 0 Å². The molecule has 0 saturated carbocycles. The van der Waals surface area contributed by atoms with E-state index in [-0.39, 0.29) is 5.91 Å². The molecule has 1 heterocycles. The van der Waals surface area contributed by atoms with E-state index in [1.165, 1.54) is 0 Å². The molecule has 0 aliphatic heterocycles. The van der Waals surface area contributed by atoms with Crippen molar-refractivity contribution in [2.24, 2.45) is 5.73 Å². The molecule has 16 heavy (non-hydrogen) atoms. The van der Waals surface area contributed by atoms with Gasteiger partial charge in [-0.1, -0.05) is 19.4 Å². The largest absolute Gasteiger partial charge is 0.349 e. The number of amides is 1. The Bertz CT molecular complexity index is 335. The maximum atomic E-state index is 11.8. The molecule has 0 radical (unpaired) electrons. The zero-order chi connectivity index (χ0) is 12.0. The molecule has 88 valence electrons. The summed E-state index contributed by atoms with van der Waals surface area (Å²) < 4.78 is 0. The Morgan fingerprint density at radius 1 is 1.56 bits per heavy atom. The van der Waals surface area contributed by atoms with Crippen LogP contribution < -0.4 is 11.1 Å². The average Bonchev–Trinajstić information content (AvgIpc) is 2.27. The van der Waals surface area contributed by atoms with Crippen molar-refractivity contribution in [2.45, 2.75) is 38.8 Å². The maximum absolute atomic E-state index is 11.8. The number of aromatic nitrogens is 1. The van der Waals surface area contributed by atoms with E-state index >= 15 is 0 Å². The van der Waals surface area contributed by atoms with Crippen molar-refractivity contribution in [2.75, 3.05) is 0 Å². The number of hydrogen-bond acceptors (Lipinski definition) is 3. The van der Waals surface area contributed by atoms with Crippen molar-refractivity contribution in [1.29, 1.82) is 0 Å². The van der Waals surface area contributed by atoms with Gasteiger partial charge in [0, 0.05) is 6.20 Å².